The van der Waals surface area contributed by atoms with Crippen LogP contribution in [-0.2, 0) is 17.3 Å². The highest BCUT2D eigenvalue weighted by Gasteiger charge is 2.31. The van der Waals surface area contributed by atoms with Gasteiger partial charge in [-0.05, 0) is 67.1 Å². The van der Waals surface area contributed by atoms with Crippen molar-refractivity contribution in [2.45, 2.75) is 23.3 Å². The first kappa shape index (κ1) is 23.0. The van der Waals surface area contributed by atoms with Gasteiger partial charge in [0.25, 0.3) is 11.8 Å². The highest BCUT2D eigenvalue weighted by molar-refractivity contribution is 7.85. The molecule has 0 spiro atoms. The Labute approximate surface area is 210 Å². The van der Waals surface area contributed by atoms with Gasteiger partial charge in [-0.1, -0.05) is 41.9 Å². The first-order valence-corrected chi connectivity index (χ1v) is 12.4. The Kier molecular flexibility index (Phi) is 6.19. The third-order valence-corrected chi connectivity index (χ3v) is 7.37. The molecule has 1 aliphatic heterocycles. The van der Waals surface area contributed by atoms with Crippen LogP contribution in [0.1, 0.15) is 32.0 Å². The number of benzene rings is 3. The number of hydrogen-bond acceptors (Lipinski definition) is 4. The lowest BCUT2D eigenvalue weighted by Crippen LogP contribution is -2.30. The van der Waals surface area contributed by atoms with Crippen LogP contribution in [0.3, 0.4) is 0 Å². The Morgan fingerprint density at radius 1 is 0.971 bits per heavy atom. The Bertz CT molecular complexity index is 1500. The highest BCUT2D eigenvalue weighted by atomic mass is 35.5. The predicted molar refractivity (Wildman–Crippen MR) is 136 cm³/mol. The predicted octanol–water partition coefficient (Wildman–Crippen LogP) is 5.62. The quantitative estimate of drug-likeness (QED) is 0.393. The summed E-state index contributed by atoms with van der Waals surface area (Å²) in [6.07, 6.45) is 0. The van der Waals surface area contributed by atoms with Crippen molar-refractivity contribution < 1.29 is 13.8 Å². The number of carbonyl (C=O) groups is 2. The summed E-state index contributed by atoms with van der Waals surface area (Å²) in [5.74, 6) is -0.257. The second-order valence-corrected chi connectivity index (χ2v) is 9.94. The molecule has 1 aliphatic rings. The van der Waals surface area contributed by atoms with E-state index in [0.717, 1.165) is 11.3 Å². The summed E-state index contributed by atoms with van der Waals surface area (Å²) in [5.41, 5.74) is 2.67. The summed E-state index contributed by atoms with van der Waals surface area (Å²) in [6.45, 7) is 2.03. The van der Waals surface area contributed by atoms with E-state index in [1.54, 1.807) is 71.6 Å². The van der Waals surface area contributed by atoms with Gasteiger partial charge in [-0.2, -0.15) is 0 Å². The van der Waals surface area contributed by atoms with Gasteiger partial charge >= 0.3 is 0 Å². The molecule has 5 rings (SSSR count). The monoisotopic (exact) mass is 501 g/mol. The maximum atomic E-state index is 13.7. The van der Waals surface area contributed by atoms with E-state index in [1.807, 2.05) is 25.1 Å². The molecule has 4 aromatic rings. The number of anilines is 2. The third-order valence-electron chi connectivity index (χ3n) is 5.63. The molecule has 0 bridgehead atoms. The fourth-order valence-electron chi connectivity index (χ4n) is 3.98. The number of nitrogens with one attached hydrogen (secondary N) is 1. The second kappa shape index (κ2) is 9.44. The molecule has 0 fully saturated rings. The average molecular weight is 502 g/mol. The molecule has 1 aromatic heterocycles. The summed E-state index contributed by atoms with van der Waals surface area (Å²) in [4.78, 5) is 33.5. The van der Waals surface area contributed by atoms with E-state index < -0.39 is 10.8 Å². The van der Waals surface area contributed by atoms with Crippen LogP contribution in [-0.4, -0.2) is 21.0 Å². The molecule has 0 radical (unpaired) electrons. The van der Waals surface area contributed by atoms with E-state index in [4.69, 9.17) is 11.6 Å². The van der Waals surface area contributed by atoms with Crippen molar-refractivity contribution in [2.75, 3.05) is 10.2 Å². The van der Waals surface area contributed by atoms with Crippen molar-refractivity contribution in [2.24, 2.45) is 0 Å². The van der Waals surface area contributed by atoms with Crippen molar-refractivity contribution >= 4 is 45.7 Å². The van der Waals surface area contributed by atoms with E-state index in [1.165, 1.54) is 0 Å². The fraction of sp³-hybridized carbons (Fsp3) is 0.0741. The average Bonchev–Trinajstić information content (AvgIpc) is 2.93. The van der Waals surface area contributed by atoms with Gasteiger partial charge in [-0.3, -0.25) is 9.59 Å². The molecule has 2 heterocycles. The van der Waals surface area contributed by atoms with Gasteiger partial charge in [-0.15, -0.1) is 0 Å². The molecule has 2 amide bonds. The maximum Gasteiger partial charge on any atom is 0.259 e. The normalized spacial score (nSPS) is 14.6. The topological polar surface area (TPSA) is 79.4 Å². The summed E-state index contributed by atoms with van der Waals surface area (Å²) >= 11 is 6.18. The molecule has 1 atom stereocenters. The van der Waals surface area contributed by atoms with Gasteiger partial charge in [-0.25, -0.2) is 9.19 Å². The lowest BCUT2D eigenvalue weighted by Gasteiger charge is -2.23. The number of fused-ring (bicyclic) bond motifs is 2. The number of rotatable bonds is 4. The third kappa shape index (κ3) is 4.60. The number of carbonyl (C=O) groups excluding carboxylic acids is 2. The number of nitrogens with zero attached hydrogens (tertiary/aromatic N) is 2. The van der Waals surface area contributed by atoms with Crippen molar-refractivity contribution in [3.8, 4) is 0 Å². The molecule has 3 aromatic carbocycles. The van der Waals surface area contributed by atoms with E-state index in [0.29, 0.717) is 37.4 Å². The Morgan fingerprint density at radius 2 is 1.77 bits per heavy atom. The lowest BCUT2D eigenvalue weighted by molar-refractivity contribution is 0.0979. The van der Waals surface area contributed by atoms with Crippen LogP contribution >= 0.6 is 11.6 Å². The summed E-state index contributed by atoms with van der Waals surface area (Å²) in [6, 6.07) is 24.3. The van der Waals surface area contributed by atoms with Gasteiger partial charge in [0, 0.05) is 16.3 Å². The number of pyridine rings is 1. The standard InChI is InChI=1S/C27H20ClN3O3S/c1-17-6-4-11-25(29-17)30-26(32)19-12-13-24-22(15-19)31(16-18-7-5-8-20(28)14-18)27(33)21-9-2-3-10-23(21)35(24)34/h2-15H,16H2,1H3,(H,29,30,32)/t35-/m0/s1. The van der Waals surface area contributed by atoms with Crippen LogP contribution in [0, 0.1) is 6.92 Å². The summed E-state index contributed by atoms with van der Waals surface area (Å²) in [5, 5.41) is 3.34. The van der Waals surface area contributed by atoms with E-state index >= 15 is 0 Å². The minimum absolute atomic E-state index is 0.197. The van der Waals surface area contributed by atoms with E-state index in [2.05, 4.69) is 10.3 Å². The van der Waals surface area contributed by atoms with Gasteiger partial charge in [0.05, 0.1) is 38.4 Å². The minimum atomic E-state index is -1.61. The SMILES string of the molecule is Cc1cccc(NC(=O)c2ccc3c(c2)N(Cc2cccc(Cl)c2)C(=O)c2ccccc2[S@@]3=O)n1. The summed E-state index contributed by atoms with van der Waals surface area (Å²) < 4.78 is 13.5. The lowest BCUT2D eigenvalue weighted by atomic mass is 10.1. The van der Waals surface area contributed by atoms with Gasteiger partial charge in [0.2, 0.25) is 0 Å². The molecule has 174 valence electrons. The van der Waals surface area contributed by atoms with E-state index in [9.17, 15) is 13.8 Å². The van der Waals surface area contributed by atoms with Crippen molar-refractivity contribution in [1.82, 2.24) is 4.98 Å². The smallest absolute Gasteiger partial charge is 0.259 e. The minimum Gasteiger partial charge on any atom is -0.307 e. The van der Waals surface area contributed by atoms with E-state index in [-0.39, 0.29) is 18.4 Å². The molecule has 6 nitrogen and oxygen atoms in total. The zero-order valence-corrected chi connectivity index (χ0v) is 20.3. The number of halogens is 1. The zero-order valence-electron chi connectivity index (χ0n) is 18.7. The van der Waals surface area contributed by atoms with Crippen LogP contribution in [0.15, 0.2) is 94.7 Å². The molecule has 35 heavy (non-hydrogen) atoms. The largest absolute Gasteiger partial charge is 0.307 e. The van der Waals surface area contributed by atoms with Crippen LogP contribution in [0.4, 0.5) is 11.5 Å². The molecular weight excluding hydrogens is 482 g/mol. The van der Waals surface area contributed by atoms with Crippen molar-refractivity contribution in [1.29, 1.82) is 0 Å². The molecule has 8 heteroatoms. The number of hydrogen-bond donors (Lipinski definition) is 1. The first-order chi connectivity index (χ1) is 16.9. The molecule has 0 saturated heterocycles. The number of aryl methyl sites for hydroxylation is 1. The van der Waals surface area contributed by atoms with Crippen molar-refractivity contribution in [3.05, 3.63) is 112 Å². The first-order valence-electron chi connectivity index (χ1n) is 10.9. The van der Waals surface area contributed by atoms with Crippen LogP contribution in [0.25, 0.3) is 0 Å². The molecule has 0 unspecified atom stereocenters. The molecular formula is C27H20ClN3O3S. The summed E-state index contributed by atoms with van der Waals surface area (Å²) in [7, 11) is -1.61. The van der Waals surface area contributed by atoms with Crippen LogP contribution in [0.5, 0.6) is 0 Å². The molecule has 0 aliphatic carbocycles. The van der Waals surface area contributed by atoms with Crippen LogP contribution in [0.2, 0.25) is 5.02 Å². The maximum absolute atomic E-state index is 13.7. The highest BCUT2D eigenvalue weighted by Crippen LogP contribution is 2.36. The van der Waals surface area contributed by atoms with Crippen LogP contribution < -0.4 is 10.2 Å². The second-order valence-electron chi connectivity index (χ2n) is 8.09. The van der Waals surface area contributed by atoms with Gasteiger partial charge in [0.1, 0.15) is 5.82 Å². The molecule has 0 saturated carbocycles. The number of aromatic nitrogens is 1. The number of amides is 2. The Hall–Kier alpha value is -3.81. The Balaban J connectivity index is 1.60. The van der Waals surface area contributed by atoms with Gasteiger partial charge in [0.15, 0.2) is 0 Å². The molecule has 1 N–H and O–H groups in total. The zero-order chi connectivity index (χ0) is 24.5. The Morgan fingerprint density at radius 3 is 2.57 bits per heavy atom. The van der Waals surface area contributed by atoms with Crippen molar-refractivity contribution in [3.63, 3.8) is 0 Å². The van der Waals surface area contributed by atoms with Gasteiger partial charge < -0.3 is 10.2 Å². The fourth-order valence-corrected chi connectivity index (χ4v) is 5.54.